The van der Waals surface area contributed by atoms with Crippen molar-refractivity contribution >= 4 is 5.91 Å². The van der Waals surface area contributed by atoms with Crippen LogP contribution in [-0.4, -0.2) is 42.2 Å². The van der Waals surface area contributed by atoms with E-state index in [9.17, 15) is 4.79 Å². The van der Waals surface area contributed by atoms with Crippen LogP contribution >= 0.6 is 0 Å². The van der Waals surface area contributed by atoms with Crippen molar-refractivity contribution in [3.05, 3.63) is 30.1 Å². The van der Waals surface area contributed by atoms with Gasteiger partial charge >= 0.3 is 0 Å². The largest absolute Gasteiger partial charge is 0.374 e. The molecule has 2 aliphatic heterocycles. The summed E-state index contributed by atoms with van der Waals surface area (Å²) in [4.78, 5) is 16.0. The van der Waals surface area contributed by atoms with Crippen LogP contribution in [0.4, 0.5) is 0 Å². The number of nitrogens with one attached hydrogen (secondary N) is 2. The lowest BCUT2D eigenvalue weighted by molar-refractivity contribution is -0.00214. The molecule has 1 aromatic rings. The Bertz CT molecular complexity index is 424. The van der Waals surface area contributed by atoms with Crippen molar-refractivity contribution in [3.63, 3.8) is 0 Å². The highest BCUT2D eigenvalue weighted by Gasteiger charge is 2.39. The van der Waals surface area contributed by atoms with Crippen molar-refractivity contribution in [2.75, 3.05) is 13.2 Å². The number of hydrogen-bond acceptors (Lipinski definition) is 4. The average molecular weight is 247 g/mol. The van der Waals surface area contributed by atoms with Gasteiger partial charge in [0.15, 0.2) is 0 Å². The van der Waals surface area contributed by atoms with Crippen molar-refractivity contribution < 1.29 is 9.53 Å². The van der Waals surface area contributed by atoms with Crippen LogP contribution in [-0.2, 0) is 4.74 Å². The zero-order valence-corrected chi connectivity index (χ0v) is 10.1. The molecule has 0 bridgehead atoms. The summed E-state index contributed by atoms with van der Waals surface area (Å²) in [5.74, 6) is -0.0790. The second-order valence-corrected chi connectivity index (χ2v) is 4.81. The lowest BCUT2D eigenvalue weighted by atomic mass is 10.0. The summed E-state index contributed by atoms with van der Waals surface area (Å²) < 4.78 is 5.76. The fourth-order valence-electron chi connectivity index (χ4n) is 2.69. The summed E-state index contributed by atoms with van der Waals surface area (Å²) in [5.41, 5.74) is 0.594. The Hall–Kier alpha value is -1.46. The summed E-state index contributed by atoms with van der Waals surface area (Å²) in [6, 6.07) is 3.98. The fourth-order valence-corrected chi connectivity index (χ4v) is 2.69. The topological polar surface area (TPSA) is 63.2 Å². The van der Waals surface area contributed by atoms with Gasteiger partial charge in [-0.3, -0.25) is 9.78 Å². The minimum atomic E-state index is -0.0790. The van der Waals surface area contributed by atoms with Gasteiger partial charge in [-0.25, -0.2) is 0 Å². The van der Waals surface area contributed by atoms with E-state index in [0.717, 1.165) is 26.0 Å². The quantitative estimate of drug-likeness (QED) is 0.790. The van der Waals surface area contributed by atoms with Crippen LogP contribution in [0.1, 0.15) is 23.2 Å². The third-order valence-electron chi connectivity index (χ3n) is 3.60. The number of ether oxygens (including phenoxy) is 1. The van der Waals surface area contributed by atoms with E-state index < -0.39 is 0 Å². The van der Waals surface area contributed by atoms with Gasteiger partial charge in [-0.05, 0) is 25.0 Å². The summed E-state index contributed by atoms with van der Waals surface area (Å²) in [6.45, 7) is 1.57. The smallest absolute Gasteiger partial charge is 0.253 e. The molecule has 2 N–H and O–H groups in total. The molecule has 0 aliphatic carbocycles. The van der Waals surface area contributed by atoms with Gasteiger partial charge in [-0.15, -0.1) is 0 Å². The maximum absolute atomic E-state index is 12.0. The zero-order chi connectivity index (χ0) is 12.4. The Labute approximate surface area is 106 Å². The van der Waals surface area contributed by atoms with Crippen LogP contribution in [0, 0.1) is 0 Å². The molecule has 1 aromatic heterocycles. The van der Waals surface area contributed by atoms with Crippen LogP contribution in [0.2, 0.25) is 0 Å². The van der Waals surface area contributed by atoms with E-state index in [1.165, 1.54) is 0 Å². The first-order valence-electron chi connectivity index (χ1n) is 6.40. The third-order valence-corrected chi connectivity index (χ3v) is 3.60. The highest BCUT2D eigenvalue weighted by Crippen LogP contribution is 2.21. The monoisotopic (exact) mass is 247 g/mol. The zero-order valence-electron chi connectivity index (χ0n) is 10.1. The van der Waals surface area contributed by atoms with Crippen molar-refractivity contribution in [3.8, 4) is 0 Å². The lowest BCUT2D eigenvalue weighted by Gasteiger charge is -2.29. The van der Waals surface area contributed by atoms with E-state index in [4.69, 9.17) is 4.74 Å². The summed E-state index contributed by atoms with van der Waals surface area (Å²) in [6.07, 6.45) is 5.58. The number of carbonyl (C=O) groups excluding carboxylic acids is 1. The van der Waals surface area contributed by atoms with Crippen molar-refractivity contribution in [1.82, 2.24) is 15.6 Å². The van der Waals surface area contributed by atoms with Crippen molar-refractivity contribution in [2.45, 2.75) is 31.0 Å². The van der Waals surface area contributed by atoms with Gasteiger partial charge in [0.1, 0.15) is 0 Å². The Balaban J connectivity index is 1.65. The van der Waals surface area contributed by atoms with Gasteiger partial charge in [0.2, 0.25) is 0 Å². The lowest BCUT2D eigenvalue weighted by Crippen LogP contribution is -2.47. The molecule has 3 rings (SSSR count). The van der Waals surface area contributed by atoms with Crippen LogP contribution < -0.4 is 10.6 Å². The molecule has 18 heavy (non-hydrogen) atoms. The van der Waals surface area contributed by atoms with Gasteiger partial charge in [0, 0.05) is 31.6 Å². The van der Waals surface area contributed by atoms with E-state index in [-0.39, 0.29) is 18.1 Å². The first-order chi connectivity index (χ1) is 8.84. The number of hydrogen-bond donors (Lipinski definition) is 2. The minimum Gasteiger partial charge on any atom is -0.374 e. The van der Waals surface area contributed by atoms with Gasteiger partial charge in [-0.1, -0.05) is 0 Å². The summed E-state index contributed by atoms with van der Waals surface area (Å²) >= 11 is 0. The average Bonchev–Trinajstić information content (AvgIpc) is 2.83. The molecule has 96 valence electrons. The first kappa shape index (κ1) is 11.6. The van der Waals surface area contributed by atoms with Gasteiger partial charge in [0.25, 0.3) is 5.91 Å². The van der Waals surface area contributed by atoms with Crippen LogP contribution in [0.5, 0.6) is 0 Å². The number of amides is 1. The van der Waals surface area contributed by atoms with Crippen LogP contribution in [0.3, 0.4) is 0 Å². The van der Waals surface area contributed by atoms with Gasteiger partial charge in [-0.2, -0.15) is 0 Å². The van der Waals surface area contributed by atoms with Gasteiger partial charge in [0.05, 0.1) is 17.7 Å². The second kappa shape index (κ2) is 5.04. The summed E-state index contributed by atoms with van der Waals surface area (Å²) in [5, 5.41) is 6.44. The van der Waals surface area contributed by atoms with Crippen molar-refractivity contribution in [1.29, 1.82) is 0 Å². The Kier molecular flexibility index (Phi) is 3.25. The normalized spacial score (nSPS) is 30.8. The molecule has 0 aromatic carbocycles. The molecule has 2 fully saturated rings. The van der Waals surface area contributed by atoms with Crippen LogP contribution in [0.25, 0.3) is 0 Å². The van der Waals surface area contributed by atoms with E-state index in [1.54, 1.807) is 24.5 Å². The fraction of sp³-hybridized carbons (Fsp3) is 0.538. The number of rotatable bonds is 2. The standard InChI is InChI=1S/C13H17N3O2/c17-13(9-3-1-5-14-7-9)16-11-8-15-10-4-2-6-18-12(10)11/h1,3,5,7,10-12,15H,2,4,6,8H2,(H,16,17)/t10-,11-,12+/m0/s1. The number of pyridine rings is 1. The molecular weight excluding hydrogens is 230 g/mol. The van der Waals surface area contributed by atoms with Gasteiger partial charge < -0.3 is 15.4 Å². The van der Waals surface area contributed by atoms with Crippen LogP contribution in [0.15, 0.2) is 24.5 Å². The molecule has 2 aliphatic rings. The molecule has 5 heteroatoms. The number of carbonyl (C=O) groups is 1. The molecule has 1 amide bonds. The SMILES string of the molecule is O=C(N[C@H]1CN[C@H]2CCCO[C@H]21)c1cccnc1. The number of aromatic nitrogens is 1. The second-order valence-electron chi connectivity index (χ2n) is 4.81. The van der Waals surface area contributed by atoms with E-state index in [1.807, 2.05) is 0 Å². The van der Waals surface area contributed by atoms with E-state index in [2.05, 4.69) is 15.6 Å². The van der Waals surface area contributed by atoms with E-state index >= 15 is 0 Å². The molecule has 0 spiro atoms. The maximum atomic E-state index is 12.0. The number of fused-ring (bicyclic) bond motifs is 1. The molecular formula is C13H17N3O2. The first-order valence-corrected chi connectivity index (χ1v) is 6.40. The number of nitrogens with zero attached hydrogens (tertiary/aromatic N) is 1. The van der Waals surface area contributed by atoms with Crippen molar-refractivity contribution in [2.24, 2.45) is 0 Å². The Morgan fingerprint density at radius 1 is 1.56 bits per heavy atom. The molecule has 0 unspecified atom stereocenters. The van der Waals surface area contributed by atoms with E-state index in [0.29, 0.717) is 11.6 Å². The molecule has 5 nitrogen and oxygen atoms in total. The highest BCUT2D eigenvalue weighted by molar-refractivity contribution is 5.94. The maximum Gasteiger partial charge on any atom is 0.253 e. The molecule has 3 heterocycles. The Morgan fingerprint density at radius 3 is 3.33 bits per heavy atom. The summed E-state index contributed by atoms with van der Waals surface area (Å²) in [7, 11) is 0. The predicted octanol–water partition coefficient (Wildman–Crippen LogP) is 0.331. The molecule has 0 radical (unpaired) electrons. The molecule has 0 saturated carbocycles. The highest BCUT2D eigenvalue weighted by atomic mass is 16.5. The molecule has 3 atom stereocenters. The third kappa shape index (κ3) is 2.23. The molecule has 2 saturated heterocycles. The predicted molar refractivity (Wildman–Crippen MR) is 66.3 cm³/mol. The minimum absolute atomic E-state index is 0.0583. The Morgan fingerprint density at radius 2 is 2.50 bits per heavy atom.